The first kappa shape index (κ1) is 8.16. The molecule has 0 bridgehead atoms. The van der Waals surface area contributed by atoms with Crippen molar-refractivity contribution < 1.29 is 17.8 Å². The van der Waals surface area contributed by atoms with Crippen LogP contribution in [-0.2, 0) is 14.9 Å². The first-order valence-electron chi connectivity index (χ1n) is 2.89. The highest BCUT2D eigenvalue weighted by molar-refractivity contribution is 7.90. The minimum absolute atomic E-state index is 0.0334. The van der Waals surface area contributed by atoms with Gasteiger partial charge in [-0.15, -0.1) is 0 Å². The monoisotopic (exact) mass is 174 g/mol. The van der Waals surface area contributed by atoms with Gasteiger partial charge in [0.1, 0.15) is 0 Å². The second-order valence-electron chi connectivity index (χ2n) is 2.09. The third-order valence-electron chi connectivity index (χ3n) is 1.24. The molecule has 1 aliphatic carbocycles. The zero-order valence-electron chi connectivity index (χ0n) is 5.52. The second-order valence-corrected chi connectivity index (χ2v) is 3.51. The molecule has 11 heavy (non-hydrogen) atoms. The Bertz CT molecular complexity index is 334. The summed E-state index contributed by atoms with van der Waals surface area (Å²) in [7, 11) is -4.13. The quantitative estimate of drug-likeness (QED) is 0.580. The molecule has 1 rings (SSSR count). The molecule has 4 nitrogen and oxygen atoms in total. The normalized spacial score (nSPS) is 18.3. The van der Waals surface area contributed by atoms with Gasteiger partial charge in [0.2, 0.25) is 0 Å². The molecule has 0 aromatic carbocycles. The summed E-state index contributed by atoms with van der Waals surface area (Å²) < 4.78 is 29.3. The Kier molecular flexibility index (Phi) is 1.92. The lowest BCUT2D eigenvalue weighted by molar-refractivity contribution is -0.113. The number of allylic oxidation sites excluding steroid dienone is 3. The van der Waals surface area contributed by atoms with Crippen molar-refractivity contribution in [3.63, 3.8) is 0 Å². The summed E-state index contributed by atoms with van der Waals surface area (Å²) in [6.45, 7) is 0. The van der Waals surface area contributed by atoms with E-state index in [9.17, 15) is 13.2 Å². The van der Waals surface area contributed by atoms with Crippen molar-refractivity contribution in [3.8, 4) is 0 Å². The molecule has 0 aromatic heterocycles. The standard InChI is InChI=1S/C6H6O4S/c7-5-1-3-6(4-2-5)11(8,9)10/h1,3-4H,2H2,(H,8,9,10). The van der Waals surface area contributed by atoms with Crippen LogP contribution in [0.25, 0.3) is 0 Å². The average Bonchev–Trinajstić information content (AvgIpc) is 1.86. The first-order valence-corrected chi connectivity index (χ1v) is 4.33. The number of carbonyl (C=O) groups is 1. The molecular formula is C6H6O4S. The Balaban J connectivity index is 2.97. The molecule has 0 radical (unpaired) electrons. The molecule has 0 saturated heterocycles. The van der Waals surface area contributed by atoms with Crippen molar-refractivity contribution in [2.75, 3.05) is 0 Å². The van der Waals surface area contributed by atoms with E-state index in [0.29, 0.717) is 0 Å². The van der Waals surface area contributed by atoms with Crippen molar-refractivity contribution in [1.82, 2.24) is 0 Å². The fraction of sp³-hybridized carbons (Fsp3) is 0.167. The van der Waals surface area contributed by atoms with Crippen molar-refractivity contribution in [2.45, 2.75) is 6.42 Å². The predicted molar refractivity (Wildman–Crippen MR) is 38.4 cm³/mol. The summed E-state index contributed by atoms with van der Waals surface area (Å²) in [5, 5.41) is 0. The van der Waals surface area contributed by atoms with Crippen LogP contribution in [0.15, 0.2) is 23.1 Å². The van der Waals surface area contributed by atoms with Gasteiger partial charge in [-0.25, -0.2) is 0 Å². The summed E-state index contributed by atoms with van der Waals surface area (Å²) in [4.78, 5) is 10.3. The topological polar surface area (TPSA) is 71.4 Å². The predicted octanol–water partition coefficient (Wildman–Crippen LogP) is 0.287. The lowest BCUT2D eigenvalue weighted by Gasteiger charge is -2.00. The number of ketones is 1. The Labute approximate surface area is 64.0 Å². The molecule has 60 valence electrons. The minimum atomic E-state index is -4.13. The van der Waals surface area contributed by atoms with Crippen LogP contribution in [-0.4, -0.2) is 18.8 Å². The number of carbonyl (C=O) groups excluding carboxylic acids is 1. The van der Waals surface area contributed by atoms with Crippen molar-refractivity contribution in [1.29, 1.82) is 0 Å². The maximum atomic E-state index is 10.5. The van der Waals surface area contributed by atoms with Crippen LogP contribution in [0.2, 0.25) is 0 Å². The van der Waals surface area contributed by atoms with Gasteiger partial charge in [0.15, 0.2) is 5.78 Å². The van der Waals surface area contributed by atoms with Crippen LogP contribution in [0.4, 0.5) is 0 Å². The Morgan fingerprint density at radius 3 is 2.36 bits per heavy atom. The number of hydrogen-bond acceptors (Lipinski definition) is 3. The fourth-order valence-corrected chi connectivity index (χ4v) is 1.24. The van der Waals surface area contributed by atoms with Gasteiger partial charge in [0, 0.05) is 6.42 Å². The van der Waals surface area contributed by atoms with Gasteiger partial charge in [0.05, 0.1) is 4.91 Å². The summed E-state index contributed by atoms with van der Waals surface area (Å²) in [5.74, 6) is -0.169. The van der Waals surface area contributed by atoms with E-state index in [1.54, 1.807) is 0 Å². The Morgan fingerprint density at radius 1 is 1.36 bits per heavy atom. The average molecular weight is 174 g/mol. The molecular weight excluding hydrogens is 168 g/mol. The molecule has 1 N–H and O–H groups in total. The van der Waals surface area contributed by atoms with Gasteiger partial charge in [-0.3, -0.25) is 9.35 Å². The molecule has 0 heterocycles. The highest BCUT2D eigenvalue weighted by Crippen LogP contribution is 2.11. The molecule has 1 aliphatic rings. The minimum Gasteiger partial charge on any atom is -0.295 e. The molecule has 0 fully saturated rings. The third kappa shape index (κ3) is 1.99. The number of rotatable bonds is 1. The molecule has 0 spiro atoms. The molecule has 0 aromatic rings. The van der Waals surface area contributed by atoms with E-state index < -0.39 is 10.1 Å². The van der Waals surface area contributed by atoms with Crippen molar-refractivity contribution in [2.24, 2.45) is 0 Å². The maximum absolute atomic E-state index is 10.5. The van der Waals surface area contributed by atoms with Crippen LogP contribution < -0.4 is 0 Å². The van der Waals surface area contributed by atoms with Crippen LogP contribution >= 0.6 is 0 Å². The molecule has 5 heteroatoms. The third-order valence-corrected chi connectivity index (χ3v) is 2.13. The van der Waals surface area contributed by atoms with Gasteiger partial charge in [0.25, 0.3) is 10.1 Å². The van der Waals surface area contributed by atoms with Crippen LogP contribution in [0.3, 0.4) is 0 Å². The molecule has 0 atom stereocenters. The lowest BCUT2D eigenvalue weighted by atomic mass is 10.2. The summed E-state index contributed by atoms with van der Waals surface area (Å²) in [6, 6.07) is 0. The van der Waals surface area contributed by atoms with E-state index in [0.717, 1.165) is 12.2 Å². The van der Waals surface area contributed by atoms with Crippen LogP contribution in [0, 0.1) is 0 Å². The van der Waals surface area contributed by atoms with E-state index in [-0.39, 0.29) is 17.1 Å². The van der Waals surface area contributed by atoms with Crippen LogP contribution in [0.5, 0.6) is 0 Å². The molecule has 0 aliphatic heterocycles. The highest BCUT2D eigenvalue weighted by Gasteiger charge is 2.13. The molecule has 0 amide bonds. The van der Waals surface area contributed by atoms with E-state index in [1.165, 1.54) is 6.08 Å². The summed E-state index contributed by atoms with van der Waals surface area (Å²) in [5.41, 5.74) is 0. The SMILES string of the molecule is O=C1C=CC(S(=O)(=O)O)=CC1. The molecule has 0 saturated carbocycles. The smallest absolute Gasteiger partial charge is 0.294 e. The van der Waals surface area contributed by atoms with Crippen molar-refractivity contribution in [3.05, 3.63) is 23.1 Å². The van der Waals surface area contributed by atoms with E-state index >= 15 is 0 Å². The second kappa shape index (κ2) is 2.60. The maximum Gasteiger partial charge on any atom is 0.294 e. The lowest BCUT2D eigenvalue weighted by Crippen LogP contribution is -2.05. The van der Waals surface area contributed by atoms with Gasteiger partial charge < -0.3 is 0 Å². The number of hydrogen-bond donors (Lipinski definition) is 1. The first-order chi connectivity index (χ1) is 5.00. The van der Waals surface area contributed by atoms with E-state index in [1.807, 2.05) is 0 Å². The largest absolute Gasteiger partial charge is 0.295 e. The zero-order chi connectivity index (χ0) is 8.48. The van der Waals surface area contributed by atoms with Crippen LogP contribution in [0.1, 0.15) is 6.42 Å². The van der Waals surface area contributed by atoms with Gasteiger partial charge in [-0.05, 0) is 12.2 Å². The van der Waals surface area contributed by atoms with E-state index in [2.05, 4.69) is 0 Å². The summed E-state index contributed by atoms with van der Waals surface area (Å²) in [6.07, 6.45) is 3.42. The Morgan fingerprint density at radius 2 is 2.00 bits per heavy atom. The fourth-order valence-electron chi connectivity index (χ4n) is 0.704. The van der Waals surface area contributed by atoms with Gasteiger partial charge in [-0.1, -0.05) is 6.08 Å². The highest BCUT2D eigenvalue weighted by atomic mass is 32.2. The van der Waals surface area contributed by atoms with Crippen molar-refractivity contribution >= 4 is 15.9 Å². The Hall–Kier alpha value is -0.940. The molecule has 0 unspecified atom stereocenters. The zero-order valence-corrected chi connectivity index (χ0v) is 6.34. The van der Waals surface area contributed by atoms with Gasteiger partial charge >= 0.3 is 0 Å². The summed E-state index contributed by atoms with van der Waals surface area (Å²) >= 11 is 0. The van der Waals surface area contributed by atoms with E-state index in [4.69, 9.17) is 4.55 Å². The van der Waals surface area contributed by atoms with Gasteiger partial charge in [-0.2, -0.15) is 8.42 Å².